The number of fused-ring (bicyclic) bond motifs is 1. The second-order valence-corrected chi connectivity index (χ2v) is 4.31. The van der Waals surface area contributed by atoms with E-state index in [2.05, 4.69) is 21.6 Å². The number of nitrogens with one attached hydrogen (secondary N) is 1. The van der Waals surface area contributed by atoms with E-state index in [-0.39, 0.29) is 12.2 Å². The number of aliphatic hydroxyl groups excluding tert-OH is 1. The van der Waals surface area contributed by atoms with Crippen LogP contribution in [0.2, 0.25) is 0 Å². The van der Waals surface area contributed by atoms with Gasteiger partial charge in [0.25, 0.3) is 5.56 Å². The zero-order valence-corrected chi connectivity index (χ0v) is 9.90. The Hall–Kier alpha value is -1.60. The molecule has 0 aliphatic rings. The first-order chi connectivity index (χ1) is 8.26. The lowest BCUT2D eigenvalue weighted by Crippen LogP contribution is -2.11. The number of aliphatic hydroxyl groups is 1. The second-order valence-electron chi connectivity index (χ2n) is 3.30. The van der Waals surface area contributed by atoms with Crippen LogP contribution in [0.3, 0.4) is 0 Å². The van der Waals surface area contributed by atoms with Crippen LogP contribution < -0.4 is 5.56 Å². The summed E-state index contributed by atoms with van der Waals surface area (Å²) in [5.41, 5.74) is 0.278. The minimum atomic E-state index is -0.217. The maximum atomic E-state index is 11.7. The molecule has 2 aromatic heterocycles. The van der Waals surface area contributed by atoms with E-state index in [0.29, 0.717) is 28.5 Å². The monoisotopic (exact) mass is 252 g/mol. The number of H-pyrrole nitrogens is 1. The van der Waals surface area contributed by atoms with Gasteiger partial charge in [-0.15, -0.1) is 6.58 Å². The Morgan fingerprint density at radius 3 is 3.18 bits per heavy atom. The Morgan fingerprint density at radius 1 is 1.65 bits per heavy atom. The average Bonchev–Trinajstić information content (AvgIpc) is 2.71. The summed E-state index contributed by atoms with van der Waals surface area (Å²) in [7, 11) is 0. The predicted octanol–water partition coefficient (Wildman–Crippen LogP) is 0.390. The fourth-order valence-electron chi connectivity index (χ4n) is 1.41. The topological polar surface area (TPSA) is 83.8 Å². The first-order valence-electron chi connectivity index (χ1n) is 5.06. The molecule has 2 N–H and O–H groups in total. The third-order valence-electron chi connectivity index (χ3n) is 2.13. The fourth-order valence-corrected chi connectivity index (χ4v) is 2.00. The number of rotatable bonds is 5. The first-order valence-corrected chi connectivity index (χ1v) is 6.05. The van der Waals surface area contributed by atoms with Crippen molar-refractivity contribution in [1.29, 1.82) is 0 Å². The van der Waals surface area contributed by atoms with Crippen molar-refractivity contribution < 1.29 is 5.11 Å². The highest BCUT2D eigenvalue weighted by Gasteiger charge is 2.09. The largest absolute Gasteiger partial charge is 0.394 e. The molecule has 2 aromatic rings. The third kappa shape index (κ3) is 2.40. The van der Waals surface area contributed by atoms with Crippen molar-refractivity contribution in [2.24, 2.45) is 0 Å². The van der Waals surface area contributed by atoms with Gasteiger partial charge in [-0.1, -0.05) is 17.8 Å². The summed E-state index contributed by atoms with van der Waals surface area (Å²) in [5.74, 6) is 0.669. The average molecular weight is 252 g/mol. The Bertz CT molecular complexity index is 589. The van der Waals surface area contributed by atoms with Crippen LogP contribution in [-0.2, 0) is 6.54 Å². The molecule has 0 radical (unpaired) electrons. The van der Waals surface area contributed by atoms with Crippen LogP contribution in [0.5, 0.6) is 0 Å². The Balaban J connectivity index is 2.48. The molecule has 0 aliphatic heterocycles. The molecule has 7 heteroatoms. The van der Waals surface area contributed by atoms with Crippen molar-refractivity contribution in [2.75, 3.05) is 12.4 Å². The van der Waals surface area contributed by atoms with Gasteiger partial charge in [-0.05, 0) is 0 Å². The number of hydrogen-bond acceptors (Lipinski definition) is 5. The molecule has 0 aliphatic carbocycles. The maximum Gasteiger partial charge on any atom is 0.262 e. The van der Waals surface area contributed by atoms with Crippen molar-refractivity contribution in [3.05, 3.63) is 29.2 Å². The van der Waals surface area contributed by atoms with Gasteiger partial charge in [0.2, 0.25) is 0 Å². The van der Waals surface area contributed by atoms with Gasteiger partial charge in [0.15, 0.2) is 10.8 Å². The van der Waals surface area contributed by atoms with Gasteiger partial charge >= 0.3 is 0 Å². The predicted molar refractivity (Wildman–Crippen MR) is 66.2 cm³/mol. The van der Waals surface area contributed by atoms with Crippen LogP contribution in [-0.4, -0.2) is 37.2 Å². The molecular formula is C10H12N4O2S. The minimum absolute atomic E-state index is 0.0413. The molecule has 17 heavy (non-hydrogen) atoms. The number of aromatic nitrogens is 4. The van der Waals surface area contributed by atoms with Crippen LogP contribution in [0.4, 0.5) is 0 Å². The normalized spacial score (nSPS) is 10.9. The highest BCUT2D eigenvalue weighted by Crippen LogP contribution is 2.14. The van der Waals surface area contributed by atoms with Crippen LogP contribution in [0.1, 0.15) is 0 Å². The molecule has 2 rings (SSSR count). The summed E-state index contributed by atoms with van der Waals surface area (Å²) in [6.45, 7) is 3.89. The maximum absolute atomic E-state index is 11.7. The molecular weight excluding hydrogens is 240 g/mol. The molecule has 0 fully saturated rings. The van der Waals surface area contributed by atoms with Gasteiger partial charge in [0, 0.05) is 5.75 Å². The Labute approximate surface area is 101 Å². The molecule has 0 unspecified atom stereocenters. The molecule has 90 valence electrons. The van der Waals surface area contributed by atoms with Crippen LogP contribution >= 0.6 is 11.8 Å². The molecule has 6 nitrogen and oxygen atoms in total. The number of thioether (sulfide) groups is 1. The lowest BCUT2D eigenvalue weighted by atomic mass is 10.4. The minimum Gasteiger partial charge on any atom is -0.394 e. The van der Waals surface area contributed by atoms with E-state index in [0.717, 1.165) is 0 Å². The summed E-state index contributed by atoms with van der Waals surface area (Å²) in [5, 5.41) is 13.9. The van der Waals surface area contributed by atoms with E-state index >= 15 is 0 Å². The molecule has 0 saturated heterocycles. The zero-order chi connectivity index (χ0) is 12.3. The third-order valence-corrected chi connectivity index (χ3v) is 3.00. The highest BCUT2D eigenvalue weighted by molar-refractivity contribution is 7.99. The van der Waals surface area contributed by atoms with Gasteiger partial charge in [-0.25, -0.2) is 9.67 Å². The highest BCUT2D eigenvalue weighted by atomic mass is 32.2. The van der Waals surface area contributed by atoms with Crippen LogP contribution in [0.15, 0.2) is 28.8 Å². The van der Waals surface area contributed by atoms with E-state index in [1.165, 1.54) is 22.6 Å². The van der Waals surface area contributed by atoms with Crippen molar-refractivity contribution in [3.63, 3.8) is 0 Å². The van der Waals surface area contributed by atoms with E-state index < -0.39 is 0 Å². The molecule has 0 atom stereocenters. The number of nitrogens with zero attached hydrogens (tertiary/aromatic N) is 3. The summed E-state index contributed by atoms with van der Waals surface area (Å²) in [6.07, 6.45) is 3.19. The van der Waals surface area contributed by atoms with Crippen molar-refractivity contribution in [1.82, 2.24) is 19.7 Å². The fraction of sp³-hybridized carbons (Fsp3) is 0.300. The van der Waals surface area contributed by atoms with E-state index in [4.69, 9.17) is 5.11 Å². The van der Waals surface area contributed by atoms with Crippen molar-refractivity contribution in [3.8, 4) is 0 Å². The smallest absolute Gasteiger partial charge is 0.262 e. The van der Waals surface area contributed by atoms with Gasteiger partial charge in [0.05, 0.1) is 19.3 Å². The quantitative estimate of drug-likeness (QED) is 0.457. The first kappa shape index (κ1) is 11.9. The summed E-state index contributed by atoms with van der Waals surface area (Å²) >= 11 is 1.39. The molecule has 0 amide bonds. The van der Waals surface area contributed by atoms with Gasteiger partial charge in [-0.2, -0.15) is 5.10 Å². The van der Waals surface area contributed by atoms with Gasteiger partial charge in [-0.3, -0.25) is 4.79 Å². The van der Waals surface area contributed by atoms with Gasteiger partial charge in [0.1, 0.15) is 5.39 Å². The second kappa shape index (κ2) is 5.15. The summed E-state index contributed by atoms with van der Waals surface area (Å²) < 4.78 is 1.52. The van der Waals surface area contributed by atoms with Crippen molar-refractivity contribution >= 4 is 22.8 Å². The molecule has 2 heterocycles. The molecule has 0 aromatic carbocycles. The van der Waals surface area contributed by atoms with Crippen LogP contribution in [0.25, 0.3) is 11.0 Å². The Kier molecular flexibility index (Phi) is 3.60. The van der Waals surface area contributed by atoms with Crippen molar-refractivity contribution in [2.45, 2.75) is 11.7 Å². The zero-order valence-electron chi connectivity index (χ0n) is 9.09. The van der Waals surface area contributed by atoms with E-state index in [1.54, 1.807) is 6.08 Å². The Morgan fingerprint density at radius 2 is 2.47 bits per heavy atom. The summed E-state index contributed by atoms with van der Waals surface area (Å²) in [4.78, 5) is 18.7. The number of hydrogen-bond donors (Lipinski definition) is 2. The van der Waals surface area contributed by atoms with Crippen LogP contribution in [0, 0.1) is 0 Å². The van der Waals surface area contributed by atoms with E-state index in [1.807, 2.05) is 0 Å². The van der Waals surface area contributed by atoms with E-state index in [9.17, 15) is 4.79 Å². The molecule has 0 spiro atoms. The SMILES string of the molecule is C=CCSc1nc2c(cnn2CCO)c(=O)[nH]1. The van der Waals surface area contributed by atoms with Gasteiger partial charge < -0.3 is 10.1 Å². The lowest BCUT2D eigenvalue weighted by Gasteiger charge is -2.01. The number of aromatic amines is 1. The molecule has 0 bridgehead atoms. The lowest BCUT2D eigenvalue weighted by molar-refractivity contribution is 0.271. The standard InChI is InChI=1S/C10H12N4O2S/c1-2-5-17-10-12-8-7(9(16)13-10)6-11-14(8)3-4-15/h2,6,15H,1,3-5H2,(H,12,13,16). The molecule has 0 saturated carbocycles. The summed E-state index contributed by atoms with van der Waals surface area (Å²) in [6, 6.07) is 0.